The molecule has 2 saturated carbocycles. The second-order valence-electron chi connectivity index (χ2n) is 7.87. The molecule has 1 aromatic carbocycles. The molecule has 25 heavy (non-hydrogen) atoms. The molecule has 2 bridgehead atoms. The first kappa shape index (κ1) is 16.8. The van der Waals surface area contributed by atoms with Crippen LogP contribution in [0, 0.1) is 17.8 Å². The third-order valence-corrected chi connectivity index (χ3v) is 6.54. The van der Waals surface area contributed by atoms with E-state index in [0.29, 0.717) is 6.04 Å². The quantitative estimate of drug-likeness (QED) is 0.814. The number of carbonyl (C=O) groups is 1. The average Bonchev–Trinajstić information content (AvgIpc) is 3.25. The number of likely N-dealkylation sites (tertiary alicyclic amines) is 1. The lowest BCUT2D eigenvalue weighted by Crippen LogP contribution is -2.51. The van der Waals surface area contributed by atoms with Crippen LogP contribution in [0.25, 0.3) is 0 Å². The molecule has 0 aromatic heterocycles. The van der Waals surface area contributed by atoms with E-state index in [9.17, 15) is 4.79 Å². The zero-order chi connectivity index (χ0) is 17.2. The highest BCUT2D eigenvalue weighted by molar-refractivity contribution is 7.80. The third-order valence-electron chi connectivity index (χ3n) is 6.17. The van der Waals surface area contributed by atoms with Gasteiger partial charge in [0.05, 0.1) is 5.92 Å². The summed E-state index contributed by atoms with van der Waals surface area (Å²) in [6, 6.07) is 10.3. The number of amides is 1. The molecule has 4 rings (SSSR count). The van der Waals surface area contributed by atoms with Gasteiger partial charge in [-0.2, -0.15) is 0 Å². The molecule has 4 unspecified atom stereocenters. The Morgan fingerprint density at radius 2 is 1.96 bits per heavy atom. The Labute approximate surface area is 155 Å². The van der Waals surface area contributed by atoms with Crippen molar-refractivity contribution in [2.24, 2.45) is 17.8 Å². The number of piperidine rings is 1. The van der Waals surface area contributed by atoms with Crippen molar-refractivity contribution in [2.75, 3.05) is 18.4 Å². The van der Waals surface area contributed by atoms with Crippen molar-refractivity contribution in [2.45, 2.75) is 44.6 Å². The largest absolute Gasteiger partial charge is 0.360 e. The smallest absolute Gasteiger partial charge is 0.229 e. The second-order valence-corrected chi connectivity index (χ2v) is 8.26. The molecule has 4 nitrogen and oxygen atoms in total. The van der Waals surface area contributed by atoms with Crippen LogP contribution in [-0.4, -0.2) is 35.1 Å². The van der Waals surface area contributed by atoms with E-state index in [-0.39, 0.29) is 11.8 Å². The van der Waals surface area contributed by atoms with Gasteiger partial charge in [-0.15, -0.1) is 0 Å². The zero-order valence-electron chi connectivity index (χ0n) is 14.6. The van der Waals surface area contributed by atoms with Gasteiger partial charge < -0.3 is 15.5 Å². The Morgan fingerprint density at radius 1 is 1.12 bits per heavy atom. The zero-order valence-corrected chi connectivity index (χ0v) is 15.4. The van der Waals surface area contributed by atoms with Crippen LogP contribution in [0.2, 0.25) is 0 Å². The Morgan fingerprint density at radius 3 is 2.68 bits per heavy atom. The number of nitrogens with one attached hydrogen (secondary N) is 2. The minimum atomic E-state index is 0.00809. The van der Waals surface area contributed by atoms with Crippen LogP contribution in [-0.2, 0) is 4.79 Å². The lowest BCUT2D eigenvalue weighted by atomic mass is 9.95. The van der Waals surface area contributed by atoms with Gasteiger partial charge in [0.1, 0.15) is 0 Å². The number of hydrogen-bond acceptors (Lipinski definition) is 2. The molecule has 4 atom stereocenters. The SMILES string of the molecule is O=C(Nc1ccccc1)C1CCCN(C(=S)NC2CC3CCC2C3)C1. The van der Waals surface area contributed by atoms with Gasteiger partial charge in [-0.1, -0.05) is 24.6 Å². The molecule has 1 amide bonds. The van der Waals surface area contributed by atoms with Gasteiger partial charge in [-0.05, 0) is 68.3 Å². The van der Waals surface area contributed by atoms with E-state index in [2.05, 4.69) is 15.5 Å². The molecule has 2 N–H and O–H groups in total. The summed E-state index contributed by atoms with van der Waals surface area (Å²) in [5.74, 6) is 1.84. The topological polar surface area (TPSA) is 44.4 Å². The molecule has 1 aliphatic heterocycles. The molecule has 5 heteroatoms. The van der Waals surface area contributed by atoms with Crippen molar-refractivity contribution >= 4 is 28.9 Å². The molecular formula is C20H27N3OS. The molecule has 3 aliphatic rings. The lowest BCUT2D eigenvalue weighted by molar-refractivity contribution is -0.121. The predicted molar refractivity (Wildman–Crippen MR) is 104 cm³/mol. The lowest BCUT2D eigenvalue weighted by Gasteiger charge is -2.36. The Balaban J connectivity index is 1.31. The van der Waals surface area contributed by atoms with Crippen LogP contribution in [0.5, 0.6) is 0 Å². The van der Waals surface area contributed by atoms with Crippen molar-refractivity contribution in [1.29, 1.82) is 0 Å². The minimum Gasteiger partial charge on any atom is -0.360 e. The van der Waals surface area contributed by atoms with E-state index in [1.54, 1.807) is 0 Å². The highest BCUT2D eigenvalue weighted by Gasteiger charge is 2.40. The van der Waals surface area contributed by atoms with Crippen LogP contribution in [0.15, 0.2) is 30.3 Å². The second kappa shape index (κ2) is 7.32. The maximum Gasteiger partial charge on any atom is 0.229 e. The monoisotopic (exact) mass is 357 g/mol. The summed E-state index contributed by atoms with van der Waals surface area (Å²) in [4.78, 5) is 14.8. The van der Waals surface area contributed by atoms with E-state index in [1.807, 2.05) is 30.3 Å². The predicted octanol–water partition coefficient (Wildman–Crippen LogP) is 3.40. The van der Waals surface area contributed by atoms with E-state index >= 15 is 0 Å². The molecule has 3 fully saturated rings. The Bertz CT molecular complexity index is 635. The first-order valence-electron chi connectivity index (χ1n) is 9.60. The van der Waals surface area contributed by atoms with Crippen LogP contribution in [0.3, 0.4) is 0 Å². The van der Waals surface area contributed by atoms with E-state index in [1.165, 1.54) is 25.7 Å². The number of nitrogens with zero attached hydrogens (tertiary/aromatic N) is 1. The summed E-state index contributed by atoms with van der Waals surface area (Å²) in [5, 5.41) is 7.51. The maximum atomic E-state index is 12.6. The van der Waals surface area contributed by atoms with E-state index < -0.39 is 0 Å². The van der Waals surface area contributed by atoms with Crippen LogP contribution in [0.4, 0.5) is 5.69 Å². The van der Waals surface area contributed by atoms with Gasteiger partial charge in [0.15, 0.2) is 5.11 Å². The summed E-state index contributed by atoms with van der Waals surface area (Å²) < 4.78 is 0. The van der Waals surface area contributed by atoms with Gasteiger partial charge in [-0.25, -0.2) is 0 Å². The molecule has 1 heterocycles. The van der Waals surface area contributed by atoms with E-state index in [0.717, 1.165) is 48.6 Å². The average molecular weight is 358 g/mol. The van der Waals surface area contributed by atoms with E-state index in [4.69, 9.17) is 12.2 Å². The fourth-order valence-electron chi connectivity index (χ4n) is 4.81. The number of fused-ring (bicyclic) bond motifs is 2. The summed E-state index contributed by atoms with van der Waals surface area (Å²) in [6.07, 6.45) is 7.37. The van der Waals surface area contributed by atoms with Crippen molar-refractivity contribution < 1.29 is 4.79 Å². The summed E-state index contributed by atoms with van der Waals surface area (Å²) in [6.45, 7) is 1.69. The van der Waals surface area contributed by atoms with Crippen molar-refractivity contribution in [3.8, 4) is 0 Å². The van der Waals surface area contributed by atoms with Crippen LogP contribution in [0.1, 0.15) is 38.5 Å². The van der Waals surface area contributed by atoms with Crippen LogP contribution >= 0.6 is 12.2 Å². The molecule has 1 aromatic rings. The fraction of sp³-hybridized carbons (Fsp3) is 0.600. The molecule has 0 radical (unpaired) electrons. The number of benzene rings is 1. The minimum absolute atomic E-state index is 0.00809. The number of anilines is 1. The summed E-state index contributed by atoms with van der Waals surface area (Å²) in [5.41, 5.74) is 0.868. The van der Waals surface area contributed by atoms with Crippen molar-refractivity contribution in [3.05, 3.63) is 30.3 Å². The number of thiocarbonyl (C=S) groups is 1. The highest BCUT2D eigenvalue weighted by atomic mass is 32.1. The maximum absolute atomic E-state index is 12.6. The summed E-state index contributed by atoms with van der Waals surface area (Å²) in [7, 11) is 0. The number of hydrogen-bond donors (Lipinski definition) is 2. The Hall–Kier alpha value is -1.62. The van der Waals surface area contributed by atoms with Gasteiger partial charge >= 0.3 is 0 Å². The number of para-hydroxylation sites is 1. The van der Waals surface area contributed by atoms with Crippen molar-refractivity contribution in [1.82, 2.24) is 10.2 Å². The Kier molecular flexibility index (Phi) is 4.93. The normalized spacial score (nSPS) is 31.0. The number of rotatable bonds is 3. The number of carbonyl (C=O) groups excluding carboxylic acids is 1. The molecule has 134 valence electrons. The molecule has 0 spiro atoms. The standard InChI is InChI=1S/C20H27N3OS/c24-19(21-17-6-2-1-3-7-17)16-5-4-10-23(13-16)20(25)22-18-12-14-8-9-15(18)11-14/h1-3,6-7,14-16,18H,4-5,8-13H2,(H,21,24)(H,22,25). The fourth-order valence-corrected chi connectivity index (χ4v) is 5.13. The van der Waals surface area contributed by atoms with Gasteiger partial charge in [0, 0.05) is 24.8 Å². The van der Waals surface area contributed by atoms with Gasteiger partial charge in [-0.3, -0.25) is 4.79 Å². The van der Waals surface area contributed by atoms with Gasteiger partial charge in [0.2, 0.25) is 5.91 Å². The third kappa shape index (κ3) is 3.81. The summed E-state index contributed by atoms with van der Waals surface area (Å²) >= 11 is 5.68. The van der Waals surface area contributed by atoms with Crippen LogP contribution < -0.4 is 10.6 Å². The van der Waals surface area contributed by atoms with Gasteiger partial charge in [0.25, 0.3) is 0 Å². The molecule has 1 saturated heterocycles. The molecule has 2 aliphatic carbocycles. The molecular weight excluding hydrogens is 330 g/mol. The first-order chi connectivity index (χ1) is 12.2. The van der Waals surface area contributed by atoms with Crippen molar-refractivity contribution in [3.63, 3.8) is 0 Å². The highest BCUT2D eigenvalue weighted by Crippen LogP contribution is 2.44. The first-order valence-corrected chi connectivity index (χ1v) is 10.0.